The molecule has 0 bridgehead atoms. The molecule has 1 aliphatic heterocycles. The Morgan fingerprint density at radius 2 is 2.00 bits per heavy atom. The van der Waals surface area contributed by atoms with Crippen molar-refractivity contribution in [2.75, 3.05) is 13.1 Å². The molecule has 2 nitrogen and oxygen atoms in total. The Bertz CT molecular complexity index is 559. The van der Waals surface area contributed by atoms with E-state index >= 15 is 0 Å². The lowest BCUT2D eigenvalue weighted by molar-refractivity contribution is 0.143. The number of fused-ring (bicyclic) bond motifs is 1. The zero-order valence-corrected chi connectivity index (χ0v) is 11.0. The summed E-state index contributed by atoms with van der Waals surface area (Å²) in [6.07, 6.45) is 2.56. The molecule has 1 saturated heterocycles. The highest BCUT2D eigenvalue weighted by Gasteiger charge is 2.31. The summed E-state index contributed by atoms with van der Waals surface area (Å²) in [5.41, 5.74) is 0.720. The molecule has 0 amide bonds. The molecule has 19 heavy (non-hydrogen) atoms. The molecule has 1 aromatic heterocycles. The highest BCUT2D eigenvalue weighted by molar-refractivity contribution is 5.78. The lowest BCUT2D eigenvalue weighted by atomic mass is 9.91. The van der Waals surface area contributed by atoms with E-state index in [9.17, 15) is 4.39 Å². The normalized spacial score (nSPS) is 24.3. The van der Waals surface area contributed by atoms with Gasteiger partial charge in [0.15, 0.2) is 0 Å². The van der Waals surface area contributed by atoms with Gasteiger partial charge < -0.3 is 5.32 Å². The van der Waals surface area contributed by atoms with E-state index in [0.717, 1.165) is 36.1 Å². The lowest BCUT2D eigenvalue weighted by Gasteiger charge is -2.22. The van der Waals surface area contributed by atoms with Crippen LogP contribution < -0.4 is 5.32 Å². The molecule has 0 saturated carbocycles. The molecule has 100 valence electrons. The Kier molecular flexibility index (Phi) is 3.47. The van der Waals surface area contributed by atoms with Gasteiger partial charge in [-0.15, -0.1) is 0 Å². The van der Waals surface area contributed by atoms with E-state index in [1.165, 1.54) is 0 Å². The molecule has 2 aromatic rings. The molecule has 0 spiro atoms. The van der Waals surface area contributed by atoms with E-state index in [0.29, 0.717) is 19.3 Å². The summed E-state index contributed by atoms with van der Waals surface area (Å²) in [5, 5.41) is 4.37. The third kappa shape index (κ3) is 2.92. The first-order chi connectivity index (χ1) is 9.25. The average Bonchev–Trinajstić information content (AvgIpc) is 2.63. The molecule has 1 unspecified atom stereocenters. The second-order valence-corrected chi connectivity index (χ2v) is 5.43. The minimum Gasteiger partial charge on any atom is -0.317 e. The van der Waals surface area contributed by atoms with Crippen LogP contribution in [0.15, 0.2) is 36.4 Å². The molecule has 1 aliphatic rings. The number of nitrogens with one attached hydrogen (secondary N) is 1. The van der Waals surface area contributed by atoms with Gasteiger partial charge >= 0.3 is 0 Å². The number of benzene rings is 1. The van der Waals surface area contributed by atoms with E-state index in [1.54, 1.807) is 0 Å². The molecule has 1 atom stereocenters. The van der Waals surface area contributed by atoms with E-state index in [4.69, 9.17) is 0 Å². The average molecular weight is 258 g/mol. The van der Waals surface area contributed by atoms with Crippen LogP contribution in [-0.4, -0.2) is 23.7 Å². The summed E-state index contributed by atoms with van der Waals surface area (Å²) in [5.74, 6) is 0. The third-order valence-electron chi connectivity index (χ3n) is 3.88. The molecule has 1 aromatic carbocycles. The monoisotopic (exact) mass is 258 g/mol. The number of alkyl halides is 1. The highest BCUT2D eigenvalue weighted by atomic mass is 19.1. The molecule has 3 heteroatoms. The van der Waals surface area contributed by atoms with Gasteiger partial charge in [-0.3, -0.25) is 4.98 Å². The first-order valence-corrected chi connectivity index (χ1v) is 7.00. The quantitative estimate of drug-likeness (QED) is 0.894. The minimum atomic E-state index is -1.10. The maximum Gasteiger partial charge on any atom is 0.117 e. The van der Waals surface area contributed by atoms with Gasteiger partial charge in [-0.05, 0) is 44.5 Å². The Morgan fingerprint density at radius 3 is 2.95 bits per heavy atom. The number of nitrogens with zero attached hydrogens (tertiary/aromatic N) is 1. The fraction of sp³-hybridized carbons (Fsp3) is 0.438. The Morgan fingerprint density at radius 1 is 1.11 bits per heavy atom. The van der Waals surface area contributed by atoms with Crippen molar-refractivity contribution in [1.82, 2.24) is 10.3 Å². The summed E-state index contributed by atoms with van der Waals surface area (Å²) in [6.45, 7) is 1.70. The molecule has 1 fully saturated rings. The minimum absolute atomic E-state index is 0.430. The van der Waals surface area contributed by atoms with Crippen LogP contribution in [0, 0.1) is 0 Å². The number of rotatable bonds is 2. The molecule has 0 radical (unpaired) electrons. The van der Waals surface area contributed by atoms with Crippen molar-refractivity contribution in [3.05, 3.63) is 42.1 Å². The van der Waals surface area contributed by atoms with Gasteiger partial charge in [-0.2, -0.15) is 0 Å². The number of halogens is 1. The van der Waals surface area contributed by atoms with Gasteiger partial charge in [0, 0.05) is 17.5 Å². The van der Waals surface area contributed by atoms with Crippen molar-refractivity contribution >= 4 is 10.9 Å². The third-order valence-corrected chi connectivity index (χ3v) is 3.88. The summed E-state index contributed by atoms with van der Waals surface area (Å²) >= 11 is 0. The zero-order valence-electron chi connectivity index (χ0n) is 11.0. The van der Waals surface area contributed by atoms with Crippen molar-refractivity contribution in [2.24, 2.45) is 0 Å². The summed E-state index contributed by atoms with van der Waals surface area (Å²) in [4.78, 5) is 4.58. The molecular weight excluding hydrogens is 239 g/mol. The van der Waals surface area contributed by atoms with Gasteiger partial charge in [0.1, 0.15) is 5.67 Å². The van der Waals surface area contributed by atoms with Crippen LogP contribution in [0.3, 0.4) is 0 Å². The van der Waals surface area contributed by atoms with Crippen LogP contribution in [-0.2, 0) is 6.42 Å². The molecule has 3 rings (SSSR count). The fourth-order valence-electron chi connectivity index (χ4n) is 2.80. The van der Waals surface area contributed by atoms with Gasteiger partial charge in [0.2, 0.25) is 0 Å². The van der Waals surface area contributed by atoms with Gasteiger partial charge in [0.05, 0.1) is 5.52 Å². The van der Waals surface area contributed by atoms with Gasteiger partial charge in [0.25, 0.3) is 0 Å². The van der Waals surface area contributed by atoms with Crippen LogP contribution in [0.5, 0.6) is 0 Å². The first-order valence-electron chi connectivity index (χ1n) is 7.00. The lowest BCUT2D eigenvalue weighted by Crippen LogP contribution is -2.27. The van der Waals surface area contributed by atoms with Crippen molar-refractivity contribution < 1.29 is 4.39 Å². The number of hydrogen-bond acceptors (Lipinski definition) is 2. The van der Waals surface area contributed by atoms with E-state index in [2.05, 4.69) is 10.3 Å². The van der Waals surface area contributed by atoms with Gasteiger partial charge in [-0.1, -0.05) is 24.3 Å². The second kappa shape index (κ2) is 5.25. The number of hydrogen-bond donors (Lipinski definition) is 1. The number of para-hydroxylation sites is 1. The summed E-state index contributed by atoms with van der Waals surface area (Å²) < 4.78 is 14.8. The number of pyridine rings is 1. The maximum atomic E-state index is 14.8. The van der Waals surface area contributed by atoms with E-state index in [1.807, 2.05) is 36.4 Å². The molecular formula is C16H19FN2. The Hall–Kier alpha value is -1.48. The predicted octanol–water partition coefficient (Wildman–Crippen LogP) is 3.26. The van der Waals surface area contributed by atoms with Crippen LogP contribution in [0.25, 0.3) is 10.9 Å². The maximum absolute atomic E-state index is 14.8. The van der Waals surface area contributed by atoms with Crippen molar-refractivity contribution in [1.29, 1.82) is 0 Å². The predicted molar refractivity (Wildman–Crippen MR) is 76.0 cm³/mol. The Balaban J connectivity index is 1.83. The van der Waals surface area contributed by atoms with Crippen LogP contribution >= 0.6 is 0 Å². The highest BCUT2D eigenvalue weighted by Crippen LogP contribution is 2.28. The van der Waals surface area contributed by atoms with Crippen LogP contribution in [0.4, 0.5) is 4.39 Å². The van der Waals surface area contributed by atoms with E-state index in [-0.39, 0.29) is 0 Å². The number of aromatic nitrogens is 1. The summed E-state index contributed by atoms with van der Waals surface area (Å²) in [6, 6.07) is 12.0. The standard InChI is InChI=1S/C16H19FN2/c17-16(8-3-10-18-11-9-16)12-14-7-6-13-4-1-2-5-15(13)19-14/h1-2,4-7,18H,3,8-12H2. The van der Waals surface area contributed by atoms with Gasteiger partial charge in [-0.25, -0.2) is 4.39 Å². The SMILES string of the molecule is FC1(Cc2ccc3ccccc3n2)CCCNCC1. The summed E-state index contributed by atoms with van der Waals surface area (Å²) in [7, 11) is 0. The van der Waals surface area contributed by atoms with Crippen molar-refractivity contribution in [3.8, 4) is 0 Å². The smallest absolute Gasteiger partial charge is 0.117 e. The zero-order chi connectivity index (χ0) is 13.1. The second-order valence-electron chi connectivity index (χ2n) is 5.43. The Labute approximate surface area is 113 Å². The van der Waals surface area contributed by atoms with Crippen LogP contribution in [0.1, 0.15) is 25.0 Å². The molecule has 2 heterocycles. The van der Waals surface area contributed by atoms with Crippen molar-refractivity contribution in [3.63, 3.8) is 0 Å². The molecule has 0 aliphatic carbocycles. The van der Waals surface area contributed by atoms with E-state index < -0.39 is 5.67 Å². The fourth-order valence-corrected chi connectivity index (χ4v) is 2.80. The van der Waals surface area contributed by atoms with Crippen LogP contribution in [0.2, 0.25) is 0 Å². The first kappa shape index (κ1) is 12.5. The largest absolute Gasteiger partial charge is 0.317 e. The molecule has 1 N–H and O–H groups in total. The van der Waals surface area contributed by atoms with Crippen molar-refractivity contribution in [2.45, 2.75) is 31.4 Å². The topological polar surface area (TPSA) is 24.9 Å².